The minimum absolute atomic E-state index is 0.146. The van der Waals surface area contributed by atoms with Crippen molar-refractivity contribution in [3.8, 4) is 0 Å². The van der Waals surface area contributed by atoms with E-state index in [0.717, 1.165) is 5.92 Å². The first-order valence-electron chi connectivity index (χ1n) is 6.51. The molecule has 0 radical (unpaired) electrons. The second-order valence-corrected chi connectivity index (χ2v) is 6.34. The van der Waals surface area contributed by atoms with Gasteiger partial charge >= 0.3 is 0 Å². The summed E-state index contributed by atoms with van der Waals surface area (Å²) >= 11 is 3.10. The molecule has 1 nitrogen and oxygen atoms in total. The molecule has 4 heteroatoms. The zero-order valence-corrected chi connectivity index (χ0v) is 11.6. The SMILES string of the molecule is Fc1ccc(Br)c(F)c1CNC1CC2CCC1C2. The molecule has 2 aliphatic carbocycles. The second kappa shape index (κ2) is 4.89. The van der Waals surface area contributed by atoms with E-state index in [9.17, 15) is 8.78 Å². The minimum Gasteiger partial charge on any atom is -0.309 e. The number of halogens is 3. The quantitative estimate of drug-likeness (QED) is 0.831. The lowest BCUT2D eigenvalue weighted by Crippen LogP contribution is -2.33. The highest BCUT2D eigenvalue weighted by Crippen LogP contribution is 2.44. The summed E-state index contributed by atoms with van der Waals surface area (Å²) < 4.78 is 27.7. The van der Waals surface area contributed by atoms with Gasteiger partial charge in [0, 0.05) is 18.2 Å². The minimum atomic E-state index is -0.481. The van der Waals surface area contributed by atoms with Crippen molar-refractivity contribution in [3.05, 3.63) is 33.8 Å². The van der Waals surface area contributed by atoms with Crippen LogP contribution in [0.5, 0.6) is 0 Å². The Bertz CT molecular complexity index is 463. The van der Waals surface area contributed by atoms with E-state index in [0.29, 0.717) is 16.4 Å². The van der Waals surface area contributed by atoms with Crippen LogP contribution < -0.4 is 5.32 Å². The Labute approximate surface area is 114 Å². The van der Waals surface area contributed by atoms with Crippen LogP contribution >= 0.6 is 15.9 Å². The van der Waals surface area contributed by atoms with E-state index in [1.165, 1.54) is 37.8 Å². The molecule has 3 unspecified atom stereocenters. The fourth-order valence-electron chi connectivity index (χ4n) is 3.46. The van der Waals surface area contributed by atoms with Crippen LogP contribution in [0.15, 0.2) is 16.6 Å². The van der Waals surface area contributed by atoms with Crippen molar-refractivity contribution in [2.45, 2.75) is 38.3 Å². The van der Waals surface area contributed by atoms with Crippen molar-refractivity contribution in [1.82, 2.24) is 5.32 Å². The van der Waals surface area contributed by atoms with Crippen molar-refractivity contribution >= 4 is 15.9 Å². The van der Waals surface area contributed by atoms with Crippen molar-refractivity contribution in [1.29, 1.82) is 0 Å². The van der Waals surface area contributed by atoms with Gasteiger partial charge in [-0.3, -0.25) is 0 Å². The summed E-state index contributed by atoms with van der Waals surface area (Å²) in [5.41, 5.74) is 0.146. The Morgan fingerprint density at radius 2 is 2.06 bits per heavy atom. The summed E-state index contributed by atoms with van der Waals surface area (Å²) in [6.07, 6.45) is 5.07. The number of benzene rings is 1. The summed E-state index contributed by atoms with van der Waals surface area (Å²) in [7, 11) is 0. The fourth-order valence-corrected chi connectivity index (χ4v) is 3.83. The average Bonchev–Trinajstić information content (AvgIpc) is 2.96. The fraction of sp³-hybridized carbons (Fsp3) is 0.571. The lowest BCUT2D eigenvalue weighted by Gasteiger charge is -2.23. The highest BCUT2D eigenvalue weighted by Gasteiger charge is 2.39. The van der Waals surface area contributed by atoms with Gasteiger partial charge < -0.3 is 5.32 Å². The van der Waals surface area contributed by atoms with Crippen LogP contribution in [-0.2, 0) is 6.54 Å². The van der Waals surface area contributed by atoms with Crippen LogP contribution in [0.2, 0.25) is 0 Å². The summed E-state index contributed by atoms with van der Waals surface area (Å²) in [4.78, 5) is 0. The Morgan fingerprint density at radius 3 is 2.72 bits per heavy atom. The van der Waals surface area contributed by atoms with Gasteiger partial charge in [0.05, 0.1) is 4.47 Å². The maximum absolute atomic E-state index is 13.8. The summed E-state index contributed by atoms with van der Waals surface area (Å²) in [6.45, 7) is 0.283. The third kappa shape index (κ3) is 2.21. The largest absolute Gasteiger partial charge is 0.309 e. The number of hydrogen-bond donors (Lipinski definition) is 1. The molecular formula is C14H16BrF2N. The van der Waals surface area contributed by atoms with Gasteiger partial charge in [0.2, 0.25) is 0 Å². The molecule has 2 fully saturated rings. The molecule has 0 amide bonds. The maximum atomic E-state index is 13.8. The van der Waals surface area contributed by atoms with E-state index in [1.807, 2.05) is 0 Å². The zero-order chi connectivity index (χ0) is 12.7. The van der Waals surface area contributed by atoms with Crippen LogP contribution in [0.3, 0.4) is 0 Å². The normalized spacial score (nSPS) is 30.1. The third-order valence-electron chi connectivity index (χ3n) is 4.42. The number of fused-ring (bicyclic) bond motifs is 2. The molecule has 0 spiro atoms. The Morgan fingerprint density at radius 1 is 1.22 bits per heavy atom. The van der Waals surface area contributed by atoms with Crippen LogP contribution in [-0.4, -0.2) is 6.04 Å². The number of rotatable bonds is 3. The first-order chi connectivity index (χ1) is 8.65. The van der Waals surface area contributed by atoms with Gasteiger partial charge in [0.25, 0.3) is 0 Å². The van der Waals surface area contributed by atoms with E-state index < -0.39 is 11.6 Å². The van der Waals surface area contributed by atoms with Crippen molar-refractivity contribution < 1.29 is 8.78 Å². The molecule has 98 valence electrons. The lowest BCUT2D eigenvalue weighted by molar-refractivity contribution is 0.346. The van der Waals surface area contributed by atoms with E-state index in [-0.39, 0.29) is 12.1 Å². The molecule has 3 atom stereocenters. The molecule has 3 rings (SSSR count). The summed E-state index contributed by atoms with van der Waals surface area (Å²) in [6, 6.07) is 3.16. The van der Waals surface area contributed by atoms with Crippen molar-refractivity contribution in [2.24, 2.45) is 11.8 Å². The average molecular weight is 316 g/mol. The summed E-state index contributed by atoms with van der Waals surface area (Å²) in [5.74, 6) is 0.606. The first kappa shape index (κ1) is 12.5. The van der Waals surface area contributed by atoms with Gasteiger partial charge in [-0.1, -0.05) is 6.42 Å². The molecule has 1 N–H and O–H groups in total. The highest BCUT2D eigenvalue weighted by atomic mass is 79.9. The standard InChI is InChI=1S/C14H16BrF2N/c15-11-3-4-12(16)10(14(11)17)7-18-13-6-8-1-2-9(13)5-8/h3-4,8-9,13,18H,1-2,5-7H2. The smallest absolute Gasteiger partial charge is 0.144 e. The molecule has 0 saturated heterocycles. The predicted molar refractivity (Wildman–Crippen MR) is 70.1 cm³/mol. The van der Waals surface area contributed by atoms with Crippen LogP contribution in [0.25, 0.3) is 0 Å². The molecule has 18 heavy (non-hydrogen) atoms. The van der Waals surface area contributed by atoms with E-state index in [4.69, 9.17) is 0 Å². The number of nitrogens with one attached hydrogen (secondary N) is 1. The molecule has 0 aromatic heterocycles. The molecule has 2 aliphatic rings. The molecule has 2 bridgehead atoms. The molecule has 1 aromatic rings. The van der Waals surface area contributed by atoms with Crippen LogP contribution in [0, 0.1) is 23.5 Å². The molecular weight excluding hydrogens is 300 g/mol. The van der Waals surface area contributed by atoms with Crippen molar-refractivity contribution in [3.63, 3.8) is 0 Å². The lowest BCUT2D eigenvalue weighted by atomic mass is 9.95. The molecule has 1 aromatic carbocycles. The predicted octanol–water partition coefficient (Wildman–Crippen LogP) is 4.01. The third-order valence-corrected chi connectivity index (χ3v) is 5.03. The Hall–Kier alpha value is -0.480. The second-order valence-electron chi connectivity index (χ2n) is 5.48. The van der Waals surface area contributed by atoms with Crippen LogP contribution in [0.4, 0.5) is 8.78 Å². The van der Waals surface area contributed by atoms with Gasteiger partial charge in [0.1, 0.15) is 11.6 Å². The van der Waals surface area contributed by atoms with Gasteiger partial charge in [-0.15, -0.1) is 0 Å². The Kier molecular flexibility index (Phi) is 3.41. The van der Waals surface area contributed by atoms with Gasteiger partial charge in [-0.05, 0) is 59.2 Å². The Balaban J connectivity index is 1.68. The van der Waals surface area contributed by atoms with E-state index in [1.54, 1.807) is 0 Å². The maximum Gasteiger partial charge on any atom is 0.144 e. The van der Waals surface area contributed by atoms with Gasteiger partial charge in [-0.2, -0.15) is 0 Å². The molecule has 2 saturated carbocycles. The van der Waals surface area contributed by atoms with E-state index >= 15 is 0 Å². The van der Waals surface area contributed by atoms with Gasteiger partial charge in [-0.25, -0.2) is 8.78 Å². The van der Waals surface area contributed by atoms with Crippen molar-refractivity contribution in [2.75, 3.05) is 0 Å². The zero-order valence-electron chi connectivity index (χ0n) is 10.1. The topological polar surface area (TPSA) is 12.0 Å². The van der Waals surface area contributed by atoms with Gasteiger partial charge in [0.15, 0.2) is 0 Å². The monoisotopic (exact) mass is 315 g/mol. The first-order valence-corrected chi connectivity index (χ1v) is 7.30. The number of hydrogen-bond acceptors (Lipinski definition) is 1. The summed E-state index contributed by atoms with van der Waals surface area (Å²) in [5, 5.41) is 3.34. The van der Waals surface area contributed by atoms with Crippen LogP contribution in [0.1, 0.15) is 31.2 Å². The highest BCUT2D eigenvalue weighted by molar-refractivity contribution is 9.10. The van der Waals surface area contributed by atoms with E-state index in [2.05, 4.69) is 21.2 Å². The molecule has 0 aliphatic heterocycles. The molecule has 0 heterocycles.